The third-order valence-electron chi connectivity index (χ3n) is 5.20. The third-order valence-corrected chi connectivity index (χ3v) is 5.20. The number of rotatable bonds is 1. The fraction of sp³-hybridized carbons (Fsp3) is 0.300. The normalized spacial score (nSPS) is 20.4. The summed E-state index contributed by atoms with van der Waals surface area (Å²) in [7, 11) is 0. The highest BCUT2D eigenvalue weighted by atomic mass is 17.0. The third kappa shape index (κ3) is 2.23. The Bertz CT molecular complexity index is 898. The van der Waals surface area contributed by atoms with Gasteiger partial charge in [0.2, 0.25) is 11.6 Å². The molecule has 1 heterocycles. The maximum atomic E-state index is 12.6. The number of benzene rings is 2. The van der Waals surface area contributed by atoms with Crippen LogP contribution < -0.4 is 5.23 Å². The standard InChI is InChI=1S/C20H19NO4/c1-19(2)20(3,4)25-21(24-19)12-9-10-14-13-7-5-6-8-15(13)17(22)18(23)16(14)11-12/h5-11H,1-4H3. The zero-order valence-corrected chi connectivity index (χ0v) is 14.6. The lowest BCUT2D eigenvalue weighted by atomic mass is 9.84. The summed E-state index contributed by atoms with van der Waals surface area (Å²) in [5.41, 5.74) is 1.86. The van der Waals surface area contributed by atoms with Crippen LogP contribution in [-0.2, 0) is 9.68 Å². The average Bonchev–Trinajstić information content (AvgIpc) is 2.80. The van der Waals surface area contributed by atoms with Crippen LogP contribution in [0.1, 0.15) is 48.4 Å². The number of hydrogen-bond donors (Lipinski definition) is 0. The van der Waals surface area contributed by atoms with Crippen molar-refractivity contribution in [3.8, 4) is 11.1 Å². The number of hydrogen-bond acceptors (Lipinski definition) is 5. The van der Waals surface area contributed by atoms with Crippen molar-refractivity contribution >= 4 is 17.3 Å². The number of nitrogens with zero attached hydrogens (tertiary/aromatic N) is 1. The van der Waals surface area contributed by atoms with Gasteiger partial charge < -0.3 is 0 Å². The number of carbonyl (C=O) groups excluding carboxylic acids is 2. The van der Waals surface area contributed by atoms with Gasteiger partial charge in [0.15, 0.2) is 0 Å². The highest BCUT2D eigenvalue weighted by molar-refractivity contribution is 6.53. The van der Waals surface area contributed by atoms with Crippen molar-refractivity contribution in [3.63, 3.8) is 0 Å². The lowest BCUT2D eigenvalue weighted by Crippen LogP contribution is -2.41. The molecule has 0 N–H and O–H groups in total. The molecule has 1 fully saturated rings. The molecular weight excluding hydrogens is 318 g/mol. The van der Waals surface area contributed by atoms with E-state index >= 15 is 0 Å². The first-order chi connectivity index (χ1) is 11.7. The van der Waals surface area contributed by atoms with Crippen LogP contribution in [0.3, 0.4) is 0 Å². The molecule has 1 aliphatic heterocycles. The number of Topliss-reactive ketones (excluding diaryl/α,β-unsaturated/α-hetero) is 2. The van der Waals surface area contributed by atoms with Crippen LogP contribution in [0.25, 0.3) is 11.1 Å². The van der Waals surface area contributed by atoms with E-state index in [4.69, 9.17) is 9.68 Å². The Labute approximate surface area is 146 Å². The molecule has 0 aromatic heterocycles. The van der Waals surface area contributed by atoms with E-state index in [1.54, 1.807) is 18.2 Å². The number of ketones is 2. The first-order valence-corrected chi connectivity index (χ1v) is 8.22. The maximum absolute atomic E-state index is 12.6. The highest BCUT2D eigenvalue weighted by Gasteiger charge is 2.50. The second kappa shape index (κ2) is 5.00. The minimum atomic E-state index is -0.532. The van der Waals surface area contributed by atoms with Crippen LogP contribution in [-0.4, -0.2) is 22.8 Å². The van der Waals surface area contributed by atoms with E-state index in [2.05, 4.69) is 0 Å². The number of fused-ring (bicyclic) bond motifs is 3. The second-order valence-electron chi connectivity index (χ2n) is 7.39. The minimum Gasteiger partial charge on any atom is -0.285 e. The summed E-state index contributed by atoms with van der Waals surface area (Å²) in [5, 5.41) is 1.33. The van der Waals surface area contributed by atoms with Crippen LogP contribution in [0.4, 0.5) is 5.69 Å². The smallest absolute Gasteiger partial charge is 0.234 e. The van der Waals surface area contributed by atoms with Crippen LogP contribution in [0.15, 0.2) is 42.5 Å². The fourth-order valence-corrected chi connectivity index (χ4v) is 2.99. The van der Waals surface area contributed by atoms with Gasteiger partial charge in [0.05, 0.1) is 5.69 Å². The fourth-order valence-electron chi connectivity index (χ4n) is 2.99. The molecule has 5 heteroatoms. The monoisotopic (exact) mass is 337 g/mol. The Morgan fingerprint density at radius 1 is 0.720 bits per heavy atom. The van der Waals surface area contributed by atoms with Crippen LogP contribution >= 0.6 is 0 Å². The first kappa shape index (κ1) is 16.0. The second-order valence-corrected chi connectivity index (χ2v) is 7.39. The Balaban J connectivity index is 1.80. The van der Waals surface area contributed by atoms with Crippen molar-refractivity contribution in [3.05, 3.63) is 53.6 Å². The zero-order chi connectivity index (χ0) is 18.0. The molecule has 0 radical (unpaired) electrons. The largest absolute Gasteiger partial charge is 0.285 e. The van der Waals surface area contributed by atoms with E-state index in [1.807, 2.05) is 52.0 Å². The van der Waals surface area contributed by atoms with E-state index in [9.17, 15) is 9.59 Å². The van der Waals surface area contributed by atoms with Gasteiger partial charge in [0.1, 0.15) is 11.2 Å². The Hall–Kier alpha value is -2.50. The predicted molar refractivity (Wildman–Crippen MR) is 93.3 cm³/mol. The quantitative estimate of drug-likeness (QED) is 0.737. The number of carbonyl (C=O) groups is 2. The topological polar surface area (TPSA) is 55.8 Å². The molecule has 0 saturated carbocycles. The van der Waals surface area contributed by atoms with Gasteiger partial charge in [-0.1, -0.05) is 30.3 Å². The van der Waals surface area contributed by atoms with Crippen LogP contribution in [0, 0.1) is 0 Å². The van der Waals surface area contributed by atoms with Crippen LogP contribution in [0.2, 0.25) is 0 Å². The molecule has 2 aromatic carbocycles. The van der Waals surface area contributed by atoms with E-state index in [-0.39, 0.29) is 0 Å². The molecule has 0 spiro atoms. The molecule has 2 aromatic rings. The molecule has 128 valence electrons. The van der Waals surface area contributed by atoms with E-state index < -0.39 is 22.8 Å². The van der Waals surface area contributed by atoms with Crippen molar-refractivity contribution in [1.82, 2.24) is 0 Å². The molecule has 0 bridgehead atoms. The molecule has 0 amide bonds. The van der Waals surface area contributed by atoms with E-state index in [1.165, 1.54) is 5.23 Å². The summed E-state index contributed by atoms with van der Waals surface area (Å²) in [4.78, 5) is 36.7. The van der Waals surface area contributed by atoms with Crippen molar-refractivity contribution in [2.75, 3.05) is 5.23 Å². The van der Waals surface area contributed by atoms with Gasteiger partial charge in [-0.25, -0.2) is 9.68 Å². The van der Waals surface area contributed by atoms with Gasteiger partial charge in [-0.3, -0.25) is 9.59 Å². The van der Waals surface area contributed by atoms with Gasteiger partial charge >= 0.3 is 0 Å². The summed E-state index contributed by atoms with van der Waals surface area (Å²) in [5.74, 6) is -0.988. The lowest BCUT2D eigenvalue weighted by molar-refractivity contribution is -0.0273. The molecule has 4 rings (SSSR count). The van der Waals surface area contributed by atoms with Crippen molar-refractivity contribution in [1.29, 1.82) is 0 Å². The van der Waals surface area contributed by atoms with Gasteiger partial charge in [0, 0.05) is 11.1 Å². The molecule has 1 saturated heterocycles. The Morgan fingerprint density at radius 2 is 1.24 bits per heavy atom. The summed E-state index contributed by atoms with van der Waals surface area (Å²) < 4.78 is 0. The van der Waals surface area contributed by atoms with Gasteiger partial charge in [-0.05, 0) is 51.0 Å². The average molecular weight is 337 g/mol. The van der Waals surface area contributed by atoms with E-state index in [0.717, 1.165) is 11.1 Å². The Morgan fingerprint density at radius 3 is 1.88 bits per heavy atom. The SMILES string of the molecule is CC1(C)ON(c2ccc3c(c2)C(=O)C(=O)c2ccccc2-3)OC1(C)C. The molecular formula is C20H19NO4. The van der Waals surface area contributed by atoms with Crippen molar-refractivity contribution in [2.45, 2.75) is 38.9 Å². The maximum Gasteiger partial charge on any atom is 0.234 e. The molecule has 2 aliphatic rings. The predicted octanol–water partition coefficient (Wildman–Crippen LogP) is 3.97. The van der Waals surface area contributed by atoms with E-state index in [0.29, 0.717) is 16.8 Å². The Kier molecular flexibility index (Phi) is 3.20. The summed E-state index contributed by atoms with van der Waals surface area (Å²) in [6.07, 6.45) is 0. The first-order valence-electron chi connectivity index (χ1n) is 8.22. The summed E-state index contributed by atoms with van der Waals surface area (Å²) in [6.45, 7) is 7.76. The van der Waals surface area contributed by atoms with Crippen molar-refractivity contribution in [2.24, 2.45) is 0 Å². The molecule has 5 nitrogen and oxygen atoms in total. The molecule has 0 unspecified atom stereocenters. The number of anilines is 1. The van der Waals surface area contributed by atoms with Gasteiger partial charge in [-0.15, -0.1) is 5.23 Å². The summed E-state index contributed by atoms with van der Waals surface area (Å²) in [6, 6.07) is 12.5. The lowest BCUT2D eigenvalue weighted by Gasteiger charge is -2.26. The van der Waals surface area contributed by atoms with Gasteiger partial charge in [-0.2, -0.15) is 0 Å². The molecule has 25 heavy (non-hydrogen) atoms. The van der Waals surface area contributed by atoms with Crippen molar-refractivity contribution < 1.29 is 19.3 Å². The van der Waals surface area contributed by atoms with Gasteiger partial charge in [0.25, 0.3) is 0 Å². The molecule has 1 aliphatic carbocycles. The van der Waals surface area contributed by atoms with Crippen LogP contribution in [0.5, 0.6) is 0 Å². The molecule has 0 atom stereocenters. The minimum absolute atomic E-state index is 0.371. The highest BCUT2D eigenvalue weighted by Crippen LogP contribution is 2.42. The summed E-state index contributed by atoms with van der Waals surface area (Å²) >= 11 is 0. The zero-order valence-electron chi connectivity index (χ0n) is 14.6.